The second-order valence-corrected chi connectivity index (χ2v) is 8.90. The number of carbonyl (C=O) groups is 2. The number of ketones is 1. The molecule has 0 aromatic heterocycles. The summed E-state index contributed by atoms with van der Waals surface area (Å²) < 4.78 is 38.2. The summed E-state index contributed by atoms with van der Waals surface area (Å²) in [5.41, 5.74) is 1.32. The smallest absolute Gasteiger partial charge is 0.339 e. The van der Waals surface area contributed by atoms with Gasteiger partial charge in [-0.15, -0.1) is 0 Å². The van der Waals surface area contributed by atoms with Gasteiger partial charge >= 0.3 is 5.97 Å². The summed E-state index contributed by atoms with van der Waals surface area (Å²) >= 11 is 0. The van der Waals surface area contributed by atoms with Crippen LogP contribution >= 0.6 is 0 Å². The minimum Gasteiger partial charge on any atom is -0.496 e. The Kier molecular flexibility index (Phi) is 6.95. The molecular formula is C24H23NO6S. The molecule has 0 fully saturated rings. The highest BCUT2D eigenvalue weighted by Crippen LogP contribution is 2.26. The largest absolute Gasteiger partial charge is 0.496 e. The van der Waals surface area contributed by atoms with E-state index >= 15 is 0 Å². The van der Waals surface area contributed by atoms with Crippen molar-refractivity contribution in [3.63, 3.8) is 0 Å². The first-order valence-electron chi connectivity index (χ1n) is 9.73. The molecule has 3 aromatic carbocycles. The molecule has 0 saturated heterocycles. The Labute approximate surface area is 187 Å². The summed E-state index contributed by atoms with van der Waals surface area (Å²) in [6.45, 7) is 1.24. The molecule has 0 radical (unpaired) electrons. The van der Waals surface area contributed by atoms with Gasteiger partial charge in [-0.3, -0.25) is 9.10 Å². The van der Waals surface area contributed by atoms with Gasteiger partial charge in [-0.2, -0.15) is 0 Å². The summed E-state index contributed by atoms with van der Waals surface area (Å²) in [6, 6.07) is 19.2. The second kappa shape index (κ2) is 9.65. The Morgan fingerprint density at radius 2 is 1.59 bits per heavy atom. The maximum atomic E-state index is 13.2. The molecule has 0 aliphatic rings. The summed E-state index contributed by atoms with van der Waals surface area (Å²) in [4.78, 5) is 24.4. The van der Waals surface area contributed by atoms with Crippen LogP contribution in [0.15, 0.2) is 77.7 Å². The summed E-state index contributed by atoms with van der Waals surface area (Å²) in [5, 5.41) is 0. The predicted molar refractivity (Wildman–Crippen MR) is 121 cm³/mol. The number of benzene rings is 3. The van der Waals surface area contributed by atoms with E-state index in [-0.39, 0.29) is 22.8 Å². The molecule has 0 atom stereocenters. The average molecular weight is 454 g/mol. The van der Waals surface area contributed by atoms with Crippen molar-refractivity contribution in [3.05, 3.63) is 89.5 Å². The molecule has 0 bridgehead atoms. The van der Waals surface area contributed by atoms with Gasteiger partial charge in [0.2, 0.25) is 0 Å². The molecule has 0 aliphatic carbocycles. The van der Waals surface area contributed by atoms with E-state index in [1.807, 2.05) is 0 Å². The van der Waals surface area contributed by atoms with E-state index in [4.69, 9.17) is 9.47 Å². The van der Waals surface area contributed by atoms with Gasteiger partial charge in [-0.05, 0) is 49.4 Å². The molecule has 8 heteroatoms. The number of hydrogen-bond donors (Lipinski definition) is 0. The highest BCUT2D eigenvalue weighted by molar-refractivity contribution is 7.92. The van der Waals surface area contributed by atoms with Gasteiger partial charge in [0.05, 0.1) is 18.4 Å². The van der Waals surface area contributed by atoms with Gasteiger partial charge in [-0.1, -0.05) is 30.3 Å². The molecule has 32 heavy (non-hydrogen) atoms. The first-order chi connectivity index (χ1) is 15.3. The van der Waals surface area contributed by atoms with Gasteiger partial charge in [0, 0.05) is 18.2 Å². The molecule has 3 rings (SSSR count). The van der Waals surface area contributed by atoms with Crippen molar-refractivity contribution in [1.82, 2.24) is 0 Å². The van der Waals surface area contributed by atoms with E-state index in [1.165, 1.54) is 33.2 Å². The van der Waals surface area contributed by atoms with Crippen molar-refractivity contribution in [1.29, 1.82) is 0 Å². The minimum absolute atomic E-state index is 0.0861. The molecule has 0 N–H and O–H groups in total. The third kappa shape index (κ3) is 4.81. The fourth-order valence-corrected chi connectivity index (χ4v) is 4.49. The van der Waals surface area contributed by atoms with Crippen LogP contribution in [0, 0.1) is 0 Å². The van der Waals surface area contributed by atoms with Gasteiger partial charge in [0.25, 0.3) is 10.0 Å². The van der Waals surface area contributed by atoms with Crippen LogP contribution in [0.2, 0.25) is 0 Å². The molecular weight excluding hydrogens is 430 g/mol. The van der Waals surface area contributed by atoms with E-state index in [2.05, 4.69) is 0 Å². The Morgan fingerprint density at radius 3 is 2.25 bits per heavy atom. The van der Waals surface area contributed by atoms with E-state index in [1.54, 1.807) is 60.7 Å². The fourth-order valence-electron chi connectivity index (χ4n) is 3.12. The van der Waals surface area contributed by atoms with Crippen molar-refractivity contribution in [2.75, 3.05) is 18.5 Å². The zero-order chi connectivity index (χ0) is 23.3. The van der Waals surface area contributed by atoms with E-state index in [0.29, 0.717) is 22.6 Å². The first kappa shape index (κ1) is 23.0. The Morgan fingerprint density at radius 1 is 0.938 bits per heavy atom. The van der Waals surface area contributed by atoms with Gasteiger partial charge in [-0.25, -0.2) is 13.2 Å². The molecule has 0 aliphatic heterocycles. The number of esters is 1. The Bertz CT molecular complexity index is 1240. The molecule has 0 unspecified atom stereocenters. The molecule has 0 spiro atoms. The summed E-state index contributed by atoms with van der Waals surface area (Å²) in [6.07, 6.45) is 0. The third-order valence-electron chi connectivity index (χ3n) is 4.91. The number of anilines is 1. The minimum atomic E-state index is -4.02. The molecule has 0 heterocycles. The maximum absolute atomic E-state index is 13.2. The lowest BCUT2D eigenvalue weighted by Crippen LogP contribution is -2.28. The number of rotatable bonds is 8. The van der Waals surface area contributed by atoms with Gasteiger partial charge < -0.3 is 9.47 Å². The number of methoxy groups -OCH3 is 1. The lowest BCUT2D eigenvalue weighted by molar-refractivity contribution is 0.0465. The third-order valence-corrected chi connectivity index (χ3v) is 6.75. The van der Waals surface area contributed by atoms with Crippen LogP contribution in [-0.2, 0) is 21.4 Å². The number of Topliss-reactive ketones (excluding diaryl/α,β-unsaturated/α-hetero) is 1. The van der Waals surface area contributed by atoms with E-state index < -0.39 is 16.0 Å². The average Bonchev–Trinajstić information content (AvgIpc) is 2.82. The van der Waals surface area contributed by atoms with Gasteiger partial charge in [0.15, 0.2) is 5.78 Å². The van der Waals surface area contributed by atoms with Crippen LogP contribution in [0.5, 0.6) is 5.75 Å². The lowest BCUT2D eigenvalue weighted by atomic mass is 10.1. The van der Waals surface area contributed by atoms with Crippen LogP contribution in [-0.4, -0.2) is 34.3 Å². The quantitative estimate of drug-likeness (QED) is 0.377. The number of ether oxygens (including phenoxy) is 2. The Balaban J connectivity index is 1.88. The summed E-state index contributed by atoms with van der Waals surface area (Å²) in [7, 11) is -1.13. The monoisotopic (exact) mass is 453 g/mol. The standard InChI is InChI=1S/C24H23NO6S/c1-17(26)18-13-14-22(30-3)19(15-18)16-31-24(27)21-11-7-8-12-23(21)32(28,29)25(2)20-9-5-4-6-10-20/h4-15H,16H2,1-3H3. The lowest BCUT2D eigenvalue weighted by Gasteiger charge is -2.21. The van der Waals surface area contributed by atoms with Crippen LogP contribution < -0.4 is 9.04 Å². The van der Waals surface area contributed by atoms with Crippen molar-refractivity contribution >= 4 is 27.5 Å². The van der Waals surface area contributed by atoms with Crippen molar-refractivity contribution < 1.29 is 27.5 Å². The normalized spacial score (nSPS) is 11.0. The van der Waals surface area contributed by atoms with Crippen LogP contribution in [0.25, 0.3) is 0 Å². The number of carbonyl (C=O) groups excluding carboxylic acids is 2. The molecule has 3 aromatic rings. The molecule has 166 valence electrons. The fraction of sp³-hybridized carbons (Fsp3) is 0.167. The number of para-hydroxylation sites is 1. The van der Waals surface area contributed by atoms with Crippen molar-refractivity contribution in [3.8, 4) is 5.75 Å². The van der Waals surface area contributed by atoms with E-state index in [9.17, 15) is 18.0 Å². The van der Waals surface area contributed by atoms with Crippen LogP contribution in [0.1, 0.15) is 33.2 Å². The molecule has 0 amide bonds. The zero-order valence-corrected chi connectivity index (χ0v) is 18.8. The Hall–Kier alpha value is -3.65. The summed E-state index contributed by atoms with van der Waals surface area (Å²) in [5.74, 6) is -0.492. The predicted octanol–water partition coefficient (Wildman–Crippen LogP) is 4.08. The second-order valence-electron chi connectivity index (χ2n) is 6.96. The number of hydrogen-bond acceptors (Lipinski definition) is 6. The highest BCUT2D eigenvalue weighted by Gasteiger charge is 2.27. The van der Waals surface area contributed by atoms with Crippen LogP contribution in [0.3, 0.4) is 0 Å². The van der Waals surface area contributed by atoms with Crippen LogP contribution in [0.4, 0.5) is 5.69 Å². The first-order valence-corrected chi connectivity index (χ1v) is 11.2. The number of nitrogens with zero attached hydrogens (tertiary/aromatic N) is 1. The highest BCUT2D eigenvalue weighted by atomic mass is 32.2. The van der Waals surface area contributed by atoms with E-state index in [0.717, 1.165) is 4.31 Å². The SMILES string of the molecule is COc1ccc(C(C)=O)cc1COC(=O)c1ccccc1S(=O)(=O)N(C)c1ccccc1. The van der Waals surface area contributed by atoms with Gasteiger partial charge in [0.1, 0.15) is 17.3 Å². The number of sulfonamides is 1. The van der Waals surface area contributed by atoms with Crippen molar-refractivity contribution in [2.24, 2.45) is 0 Å². The van der Waals surface area contributed by atoms with Crippen molar-refractivity contribution in [2.45, 2.75) is 18.4 Å². The topological polar surface area (TPSA) is 90.0 Å². The zero-order valence-electron chi connectivity index (χ0n) is 17.9. The maximum Gasteiger partial charge on any atom is 0.339 e. The molecule has 7 nitrogen and oxygen atoms in total. The molecule has 0 saturated carbocycles.